The summed E-state index contributed by atoms with van der Waals surface area (Å²) in [5, 5.41) is 19.5. The van der Waals surface area contributed by atoms with Gasteiger partial charge in [0.1, 0.15) is 18.9 Å². The van der Waals surface area contributed by atoms with Crippen LogP contribution in [0.25, 0.3) is 10.9 Å². The van der Waals surface area contributed by atoms with Crippen LogP contribution in [0.2, 0.25) is 10.0 Å². The number of alkyl carbamates (subject to hydrolysis) is 1. The molecular formula is C40H52Cl2N6O6. The molecule has 0 fully saturated rings. The van der Waals surface area contributed by atoms with Gasteiger partial charge in [0.15, 0.2) is 5.78 Å². The molecule has 0 bridgehead atoms. The topological polar surface area (TPSA) is 160 Å². The van der Waals surface area contributed by atoms with E-state index in [1.54, 1.807) is 13.2 Å². The van der Waals surface area contributed by atoms with Crippen molar-refractivity contribution in [1.82, 2.24) is 25.8 Å². The number of benzene rings is 2. The lowest BCUT2D eigenvalue weighted by Crippen LogP contribution is -2.47. The molecule has 2 amide bonds. The molecule has 0 saturated heterocycles. The summed E-state index contributed by atoms with van der Waals surface area (Å²) < 4.78 is 16.7. The summed E-state index contributed by atoms with van der Waals surface area (Å²) >= 11 is 13.1. The van der Waals surface area contributed by atoms with Gasteiger partial charge in [-0.3, -0.25) is 9.59 Å². The average Bonchev–Trinajstić information content (AvgIpc) is 3.78. The molecule has 12 nitrogen and oxygen atoms in total. The molecule has 0 aliphatic heterocycles. The average molecular weight is 784 g/mol. The number of methoxy groups -OCH3 is 1. The van der Waals surface area contributed by atoms with Gasteiger partial charge in [-0.25, -0.2) is 4.79 Å². The number of H-pyrrole nitrogens is 1. The Balaban J connectivity index is 1.38. The number of carbonyl (C=O) groups excluding carboxylic acids is 3. The summed E-state index contributed by atoms with van der Waals surface area (Å²) in [6.45, 7) is 9.90. The van der Waals surface area contributed by atoms with E-state index >= 15 is 0 Å². The molecule has 3 unspecified atom stereocenters. The van der Waals surface area contributed by atoms with Crippen molar-refractivity contribution in [3.8, 4) is 0 Å². The fourth-order valence-electron chi connectivity index (χ4n) is 7.11. The lowest BCUT2D eigenvalue weighted by Gasteiger charge is -2.38. The zero-order valence-electron chi connectivity index (χ0n) is 31.9. The van der Waals surface area contributed by atoms with E-state index in [0.717, 1.165) is 34.1 Å². The van der Waals surface area contributed by atoms with E-state index in [-0.39, 0.29) is 54.7 Å². The molecule has 2 heterocycles. The Morgan fingerprint density at radius 3 is 2.46 bits per heavy atom. The van der Waals surface area contributed by atoms with Crippen LogP contribution in [-0.4, -0.2) is 52.3 Å². The second-order valence-electron chi connectivity index (χ2n) is 14.5. The molecule has 4 N–H and O–H groups in total. The van der Waals surface area contributed by atoms with E-state index in [4.69, 9.17) is 37.1 Å². The van der Waals surface area contributed by atoms with Gasteiger partial charge in [0, 0.05) is 29.6 Å². The number of hydrogen-bond donors (Lipinski definition) is 4. The van der Waals surface area contributed by atoms with Gasteiger partial charge in [-0.15, -0.1) is 5.10 Å². The molecule has 0 saturated carbocycles. The maximum atomic E-state index is 14.8. The number of fused-ring (bicyclic) bond motifs is 3. The number of carbonyl (C=O) groups is 3. The third-order valence-electron chi connectivity index (χ3n) is 10.9. The minimum Gasteiger partial charge on any atom is -0.445 e. The Bertz CT molecular complexity index is 1900. The van der Waals surface area contributed by atoms with Crippen LogP contribution < -0.4 is 16.0 Å². The van der Waals surface area contributed by atoms with Gasteiger partial charge >= 0.3 is 12.1 Å². The Labute approximate surface area is 326 Å². The monoisotopic (exact) mass is 782 g/mol. The third-order valence-corrected chi connectivity index (χ3v) is 11.4. The molecule has 1 aliphatic rings. The zero-order chi connectivity index (χ0) is 39.0. The van der Waals surface area contributed by atoms with Crippen molar-refractivity contribution in [2.24, 2.45) is 17.3 Å². The molecule has 292 valence electrons. The first-order chi connectivity index (χ1) is 25.9. The zero-order valence-corrected chi connectivity index (χ0v) is 33.4. The van der Waals surface area contributed by atoms with Crippen molar-refractivity contribution in [2.75, 3.05) is 12.4 Å². The SMILES string of the molecule is CCC(C)[C@H](NC(=O)OCc1ccccc1)C(=O)CCC[C@@]1(C(=O)N[C@H](c2nnc(NC(C)OC)o2)C(C)CC)CCc2[nH]c3c(Cl)cc(Cl)cc3c2C1. The van der Waals surface area contributed by atoms with E-state index in [0.29, 0.717) is 48.6 Å². The van der Waals surface area contributed by atoms with E-state index in [2.05, 4.69) is 31.1 Å². The Morgan fingerprint density at radius 1 is 1.02 bits per heavy atom. The Hall–Kier alpha value is -4.13. The minimum absolute atomic E-state index is 0.0328. The number of ketones is 1. The third kappa shape index (κ3) is 9.75. The highest BCUT2D eigenvalue weighted by Gasteiger charge is 2.44. The van der Waals surface area contributed by atoms with E-state index in [1.165, 1.54) is 0 Å². The summed E-state index contributed by atoms with van der Waals surface area (Å²) in [7, 11) is 1.57. The molecule has 0 radical (unpaired) electrons. The fourth-order valence-corrected chi connectivity index (χ4v) is 7.65. The number of Topliss-reactive ketones (excluding diaryl/α,β-unsaturated/α-hetero) is 1. The second-order valence-corrected chi connectivity index (χ2v) is 15.4. The largest absolute Gasteiger partial charge is 0.445 e. The number of aromatic nitrogens is 3. The smallest absolute Gasteiger partial charge is 0.408 e. The van der Waals surface area contributed by atoms with Crippen LogP contribution in [-0.2, 0) is 38.5 Å². The van der Waals surface area contributed by atoms with Gasteiger partial charge in [-0.1, -0.05) is 99.2 Å². The highest BCUT2D eigenvalue weighted by molar-refractivity contribution is 6.38. The molecule has 6 atom stereocenters. The van der Waals surface area contributed by atoms with Crippen molar-refractivity contribution < 1.29 is 28.3 Å². The van der Waals surface area contributed by atoms with Gasteiger partial charge in [-0.2, -0.15) is 0 Å². The summed E-state index contributed by atoms with van der Waals surface area (Å²) in [5.74, 6) is -0.124. The van der Waals surface area contributed by atoms with Crippen LogP contribution in [0.4, 0.5) is 10.8 Å². The standard InChI is InChI=1S/C40H52Cl2N6O6/c1-7-23(3)33(46-39(51)53-22-26-13-10-9-11-14-26)32(49)15-12-17-40(18-16-31-29(21-40)28-19-27(41)20-30(42)35(28)44-31)37(50)45-34(24(4)8-2)36-47-48-38(54-36)43-25(5)52-6/h9-11,13-14,19-20,23-25,33-34,44H,7-8,12,15-18,21-22H2,1-6H3,(H,43,48)(H,45,50)(H,46,51)/t23?,24?,25?,33-,34-,40+/m0/s1. The molecule has 2 aromatic heterocycles. The summed E-state index contributed by atoms with van der Waals surface area (Å²) in [5.41, 5.74) is 2.75. The van der Waals surface area contributed by atoms with E-state index < -0.39 is 23.6 Å². The van der Waals surface area contributed by atoms with Crippen molar-refractivity contribution in [3.05, 3.63) is 75.2 Å². The minimum atomic E-state index is -0.886. The summed E-state index contributed by atoms with van der Waals surface area (Å²) in [6, 6.07) is 11.9. The Kier molecular flexibility index (Phi) is 14.0. The molecule has 0 spiro atoms. The molecular weight excluding hydrogens is 731 g/mol. The number of nitrogens with one attached hydrogen (secondary N) is 4. The van der Waals surface area contributed by atoms with Gasteiger partial charge in [0.05, 0.1) is 22.0 Å². The number of rotatable bonds is 18. The molecule has 2 aromatic carbocycles. The predicted octanol–water partition coefficient (Wildman–Crippen LogP) is 8.72. The maximum absolute atomic E-state index is 14.8. The van der Waals surface area contributed by atoms with Crippen LogP contribution >= 0.6 is 23.2 Å². The van der Waals surface area contributed by atoms with Crippen LogP contribution in [0.3, 0.4) is 0 Å². The molecule has 5 rings (SSSR count). The second kappa shape index (κ2) is 18.5. The first-order valence-corrected chi connectivity index (χ1v) is 19.6. The van der Waals surface area contributed by atoms with Gasteiger partial charge in [0.25, 0.3) is 0 Å². The van der Waals surface area contributed by atoms with Crippen molar-refractivity contribution in [2.45, 2.75) is 111 Å². The molecule has 14 heteroatoms. The summed E-state index contributed by atoms with van der Waals surface area (Å²) in [6.07, 6.45) is 3.00. The normalized spacial score (nSPS) is 18.2. The highest BCUT2D eigenvalue weighted by Crippen LogP contribution is 2.45. The molecule has 54 heavy (non-hydrogen) atoms. The quantitative estimate of drug-likeness (QED) is 0.0724. The predicted molar refractivity (Wildman–Crippen MR) is 209 cm³/mol. The highest BCUT2D eigenvalue weighted by atomic mass is 35.5. The van der Waals surface area contributed by atoms with Crippen molar-refractivity contribution >= 4 is 57.9 Å². The number of anilines is 1. The number of hydrogen-bond acceptors (Lipinski definition) is 9. The Morgan fingerprint density at radius 2 is 1.76 bits per heavy atom. The number of aryl methyl sites for hydroxylation is 1. The maximum Gasteiger partial charge on any atom is 0.408 e. The molecule has 4 aromatic rings. The first kappa shape index (κ1) is 41.0. The summed E-state index contributed by atoms with van der Waals surface area (Å²) in [4.78, 5) is 44.9. The van der Waals surface area contributed by atoms with Crippen molar-refractivity contribution in [1.29, 1.82) is 0 Å². The molecule has 1 aliphatic carbocycles. The van der Waals surface area contributed by atoms with Crippen LogP contribution in [0, 0.1) is 17.3 Å². The van der Waals surface area contributed by atoms with Crippen molar-refractivity contribution in [3.63, 3.8) is 0 Å². The number of nitrogens with zero attached hydrogens (tertiary/aromatic N) is 2. The van der Waals surface area contributed by atoms with Gasteiger partial charge < -0.3 is 34.8 Å². The lowest BCUT2D eigenvalue weighted by atomic mass is 9.68. The van der Waals surface area contributed by atoms with E-state index in [9.17, 15) is 14.4 Å². The van der Waals surface area contributed by atoms with Crippen LogP contribution in [0.1, 0.15) is 102 Å². The van der Waals surface area contributed by atoms with Crippen LogP contribution in [0.15, 0.2) is 46.9 Å². The van der Waals surface area contributed by atoms with Gasteiger partial charge in [0.2, 0.25) is 11.8 Å². The van der Waals surface area contributed by atoms with E-state index in [1.807, 2.05) is 71.0 Å². The van der Waals surface area contributed by atoms with Crippen LogP contribution in [0.5, 0.6) is 0 Å². The van der Waals surface area contributed by atoms with Gasteiger partial charge in [-0.05, 0) is 74.1 Å². The lowest BCUT2D eigenvalue weighted by molar-refractivity contribution is -0.134. The fraction of sp³-hybridized carbons (Fsp3) is 0.525. The number of ether oxygens (including phenoxy) is 2. The number of aromatic amines is 1. The number of amides is 2. The first-order valence-electron chi connectivity index (χ1n) is 18.8. The number of halogens is 2.